The van der Waals surface area contributed by atoms with Gasteiger partial charge in [-0.25, -0.2) is 5.10 Å². The van der Waals surface area contributed by atoms with E-state index in [1.165, 1.54) is 0 Å². The molecule has 1 aliphatic rings. The topological polar surface area (TPSA) is 87.3 Å². The number of carbonyl (C=O) groups is 1. The average molecular weight is 372 g/mol. The predicted octanol–water partition coefficient (Wildman–Crippen LogP) is 1.33. The van der Waals surface area contributed by atoms with E-state index in [4.69, 9.17) is 4.74 Å². The number of H-pyrrole nitrogens is 1. The van der Waals surface area contributed by atoms with Crippen molar-refractivity contribution in [3.05, 3.63) is 40.3 Å². The van der Waals surface area contributed by atoms with Crippen LogP contribution in [0.3, 0.4) is 0 Å². The first-order chi connectivity index (χ1) is 13.0. The molecule has 1 aliphatic heterocycles. The normalized spacial score (nSPS) is 16.6. The molecule has 0 bridgehead atoms. The van der Waals surface area contributed by atoms with E-state index in [9.17, 15) is 9.59 Å². The van der Waals surface area contributed by atoms with Gasteiger partial charge in [-0.2, -0.15) is 5.10 Å². The number of rotatable bonds is 7. The van der Waals surface area contributed by atoms with Crippen molar-refractivity contribution in [1.29, 1.82) is 0 Å². The number of ether oxygens (including phenoxy) is 1. The zero-order chi connectivity index (χ0) is 19.2. The number of hydrogen-bond donors (Lipinski definition) is 2. The fraction of sp³-hybridized carbons (Fsp3) is 0.550. The summed E-state index contributed by atoms with van der Waals surface area (Å²) >= 11 is 0. The van der Waals surface area contributed by atoms with Gasteiger partial charge in [0.05, 0.1) is 30.7 Å². The number of aromatic amines is 1. The number of nitrogens with zero attached hydrogens (tertiary/aromatic N) is 2. The second-order valence-electron chi connectivity index (χ2n) is 7.46. The van der Waals surface area contributed by atoms with E-state index >= 15 is 0 Å². The van der Waals surface area contributed by atoms with Crippen LogP contribution in [0.4, 0.5) is 0 Å². The molecular weight excluding hydrogens is 344 g/mol. The van der Waals surface area contributed by atoms with E-state index in [0.717, 1.165) is 38.1 Å². The fourth-order valence-corrected chi connectivity index (χ4v) is 3.60. The highest BCUT2D eigenvalue weighted by Crippen LogP contribution is 2.14. The van der Waals surface area contributed by atoms with Crippen molar-refractivity contribution < 1.29 is 9.53 Å². The van der Waals surface area contributed by atoms with Crippen LogP contribution in [-0.4, -0.2) is 59.9 Å². The van der Waals surface area contributed by atoms with E-state index in [1.54, 1.807) is 12.1 Å². The molecule has 146 valence electrons. The summed E-state index contributed by atoms with van der Waals surface area (Å²) in [7, 11) is 0. The molecule has 1 saturated heterocycles. The Kier molecular flexibility index (Phi) is 6.58. The molecule has 0 aliphatic carbocycles. The number of hydrogen-bond acceptors (Lipinski definition) is 5. The van der Waals surface area contributed by atoms with Gasteiger partial charge in [-0.15, -0.1) is 0 Å². The van der Waals surface area contributed by atoms with Crippen LogP contribution in [0.15, 0.2) is 29.1 Å². The van der Waals surface area contributed by atoms with Gasteiger partial charge in [0.2, 0.25) is 5.91 Å². The van der Waals surface area contributed by atoms with Crippen LogP contribution in [0.5, 0.6) is 0 Å². The minimum Gasteiger partial charge on any atom is -0.379 e. The van der Waals surface area contributed by atoms with E-state index in [0.29, 0.717) is 29.6 Å². The van der Waals surface area contributed by atoms with Gasteiger partial charge in [-0.3, -0.25) is 14.5 Å². The molecule has 2 N–H and O–H groups in total. The average Bonchev–Trinajstić information content (AvgIpc) is 2.68. The number of fused-ring (bicyclic) bond motifs is 1. The first-order valence-electron chi connectivity index (χ1n) is 9.59. The van der Waals surface area contributed by atoms with Crippen LogP contribution < -0.4 is 10.9 Å². The lowest BCUT2D eigenvalue weighted by molar-refractivity contribution is -0.120. The zero-order valence-corrected chi connectivity index (χ0v) is 16.0. The summed E-state index contributed by atoms with van der Waals surface area (Å²) in [5.74, 6) is 0.473. The highest BCUT2D eigenvalue weighted by molar-refractivity contribution is 5.88. The molecule has 2 heterocycles. The Hall–Kier alpha value is -2.25. The van der Waals surface area contributed by atoms with Crippen molar-refractivity contribution >= 4 is 16.7 Å². The summed E-state index contributed by atoms with van der Waals surface area (Å²) in [6.07, 6.45) is 1.18. The van der Waals surface area contributed by atoms with Gasteiger partial charge in [0.25, 0.3) is 5.56 Å². The van der Waals surface area contributed by atoms with Crippen LogP contribution in [0.1, 0.15) is 26.0 Å². The van der Waals surface area contributed by atoms with Gasteiger partial charge in [0.15, 0.2) is 0 Å². The number of nitrogens with one attached hydrogen (secondary N) is 2. The first-order valence-corrected chi connectivity index (χ1v) is 9.59. The Balaban J connectivity index is 1.64. The molecule has 1 fully saturated rings. The Morgan fingerprint density at radius 3 is 2.67 bits per heavy atom. The van der Waals surface area contributed by atoms with Gasteiger partial charge in [-0.1, -0.05) is 32.0 Å². The summed E-state index contributed by atoms with van der Waals surface area (Å²) in [6, 6.07) is 7.53. The number of amides is 1. The zero-order valence-electron chi connectivity index (χ0n) is 16.0. The molecule has 0 saturated carbocycles. The minimum atomic E-state index is -0.237. The summed E-state index contributed by atoms with van der Waals surface area (Å²) < 4.78 is 5.44. The predicted molar refractivity (Wildman–Crippen MR) is 105 cm³/mol. The largest absolute Gasteiger partial charge is 0.379 e. The summed E-state index contributed by atoms with van der Waals surface area (Å²) in [5.41, 5.74) is 0.355. The quantitative estimate of drug-likeness (QED) is 0.766. The fourth-order valence-electron chi connectivity index (χ4n) is 3.60. The van der Waals surface area contributed by atoms with Gasteiger partial charge in [0.1, 0.15) is 0 Å². The van der Waals surface area contributed by atoms with E-state index in [-0.39, 0.29) is 17.9 Å². The van der Waals surface area contributed by atoms with Crippen LogP contribution in [-0.2, 0) is 16.0 Å². The first kappa shape index (κ1) is 19.5. The highest BCUT2D eigenvalue weighted by Gasteiger charge is 2.22. The van der Waals surface area contributed by atoms with Crippen molar-refractivity contribution in [3.8, 4) is 0 Å². The third kappa shape index (κ3) is 5.14. The summed E-state index contributed by atoms with van der Waals surface area (Å²) in [5, 5.41) is 10.9. The Morgan fingerprint density at radius 1 is 1.26 bits per heavy atom. The lowest BCUT2D eigenvalue weighted by Crippen LogP contribution is -2.49. The van der Waals surface area contributed by atoms with Crippen molar-refractivity contribution in [2.75, 3.05) is 32.8 Å². The SMILES string of the molecule is CC(C)CC(CNC(=O)Cc1n[nH]c(=O)c2ccccc12)N1CCOCC1. The number of benzene rings is 1. The second-order valence-corrected chi connectivity index (χ2v) is 7.46. The van der Waals surface area contributed by atoms with Crippen LogP contribution in [0, 0.1) is 5.92 Å². The third-order valence-electron chi connectivity index (χ3n) is 4.94. The van der Waals surface area contributed by atoms with Gasteiger partial charge in [0, 0.05) is 31.1 Å². The monoisotopic (exact) mass is 372 g/mol. The van der Waals surface area contributed by atoms with Crippen LogP contribution in [0.2, 0.25) is 0 Å². The van der Waals surface area contributed by atoms with E-state index in [2.05, 4.69) is 34.3 Å². The standard InChI is InChI=1S/C20H28N4O3/c1-14(2)11-15(24-7-9-27-10-8-24)13-21-19(25)12-18-16-5-3-4-6-17(16)20(26)23-22-18/h3-6,14-15H,7-13H2,1-2H3,(H,21,25)(H,23,26). The van der Waals surface area contributed by atoms with Crippen LogP contribution >= 0.6 is 0 Å². The Morgan fingerprint density at radius 2 is 1.96 bits per heavy atom. The van der Waals surface area contributed by atoms with Gasteiger partial charge < -0.3 is 10.1 Å². The van der Waals surface area contributed by atoms with Crippen LogP contribution in [0.25, 0.3) is 10.8 Å². The number of aromatic nitrogens is 2. The highest BCUT2D eigenvalue weighted by atomic mass is 16.5. The Labute approximate surface area is 159 Å². The maximum Gasteiger partial charge on any atom is 0.272 e. The molecule has 7 nitrogen and oxygen atoms in total. The molecule has 27 heavy (non-hydrogen) atoms. The number of carbonyl (C=O) groups excluding carboxylic acids is 1. The van der Waals surface area contributed by atoms with E-state index < -0.39 is 0 Å². The molecule has 0 radical (unpaired) electrons. The summed E-state index contributed by atoms with van der Waals surface area (Å²) in [6.45, 7) is 8.31. The molecule has 2 aromatic rings. The maximum absolute atomic E-state index is 12.5. The van der Waals surface area contributed by atoms with Crippen molar-refractivity contribution in [2.24, 2.45) is 5.92 Å². The number of morpholine rings is 1. The third-order valence-corrected chi connectivity index (χ3v) is 4.94. The minimum absolute atomic E-state index is 0.0817. The van der Waals surface area contributed by atoms with Gasteiger partial charge >= 0.3 is 0 Å². The molecular formula is C20H28N4O3. The van der Waals surface area contributed by atoms with Crippen molar-refractivity contribution in [1.82, 2.24) is 20.4 Å². The molecule has 0 spiro atoms. The molecule has 1 unspecified atom stereocenters. The molecule has 1 atom stereocenters. The van der Waals surface area contributed by atoms with Gasteiger partial charge in [-0.05, 0) is 18.4 Å². The van der Waals surface area contributed by atoms with E-state index in [1.807, 2.05) is 12.1 Å². The smallest absolute Gasteiger partial charge is 0.272 e. The lowest BCUT2D eigenvalue weighted by Gasteiger charge is -2.35. The second kappa shape index (κ2) is 9.10. The molecule has 7 heteroatoms. The molecule has 1 aromatic carbocycles. The maximum atomic E-state index is 12.5. The van der Waals surface area contributed by atoms with Crippen molar-refractivity contribution in [2.45, 2.75) is 32.7 Å². The van der Waals surface area contributed by atoms with Crippen molar-refractivity contribution in [3.63, 3.8) is 0 Å². The lowest BCUT2D eigenvalue weighted by atomic mass is 10.0. The molecule has 1 amide bonds. The molecule has 1 aromatic heterocycles. The molecule has 3 rings (SSSR count). The summed E-state index contributed by atoms with van der Waals surface area (Å²) in [4.78, 5) is 26.8. The Bertz CT molecular complexity index is 827.